The fraction of sp³-hybridized carbons (Fsp3) is 0.625. The Labute approximate surface area is 101 Å². The molecule has 0 amide bonds. The van der Waals surface area contributed by atoms with Gasteiger partial charge in [0.05, 0.1) is 0 Å². The first kappa shape index (κ1) is 13.3. The molecule has 1 aliphatic carbocycles. The lowest BCUT2D eigenvalue weighted by atomic mass is 9.76. The van der Waals surface area contributed by atoms with Crippen molar-refractivity contribution in [3.05, 3.63) is 36.5 Å². The van der Waals surface area contributed by atoms with Gasteiger partial charge in [0.2, 0.25) is 0 Å². The molecule has 0 bridgehead atoms. The first-order valence-electron chi connectivity index (χ1n) is 6.49. The molecule has 1 rings (SSSR count). The molecule has 0 radical (unpaired) electrons. The summed E-state index contributed by atoms with van der Waals surface area (Å²) in [6, 6.07) is 0. The zero-order chi connectivity index (χ0) is 12.0. The van der Waals surface area contributed by atoms with Crippen LogP contribution in [0.5, 0.6) is 0 Å². The number of allylic oxidation sites excluding steroid dienone is 5. The van der Waals surface area contributed by atoms with Gasteiger partial charge in [0.15, 0.2) is 0 Å². The van der Waals surface area contributed by atoms with Gasteiger partial charge < -0.3 is 0 Å². The lowest BCUT2D eigenvalue weighted by molar-refractivity contribution is 0.229. The van der Waals surface area contributed by atoms with Crippen molar-refractivity contribution in [1.29, 1.82) is 0 Å². The number of hydrogen-bond acceptors (Lipinski definition) is 0. The minimum atomic E-state index is 0.420. The van der Waals surface area contributed by atoms with Gasteiger partial charge in [-0.05, 0) is 43.4 Å². The summed E-state index contributed by atoms with van der Waals surface area (Å²) in [6.45, 7) is 11.1. The Kier molecular flexibility index (Phi) is 5.05. The van der Waals surface area contributed by atoms with E-state index in [2.05, 4.69) is 51.7 Å². The van der Waals surface area contributed by atoms with Crippen LogP contribution in [0.4, 0.5) is 0 Å². The molecule has 0 spiro atoms. The Morgan fingerprint density at radius 3 is 2.56 bits per heavy atom. The van der Waals surface area contributed by atoms with Crippen LogP contribution >= 0.6 is 0 Å². The highest BCUT2D eigenvalue weighted by Crippen LogP contribution is 2.33. The molecule has 0 nitrogen and oxygen atoms in total. The van der Waals surface area contributed by atoms with Gasteiger partial charge in [0.25, 0.3) is 0 Å². The second kappa shape index (κ2) is 6.08. The SMILES string of the molecule is C=C1/C=C/CCC(C(C)(C)C)C/C=C/CC1. The molecule has 0 aromatic heterocycles. The molecule has 0 N–H and O–H groups in total. The molecule has 0 heteroatoms. The quantitative estimate of drug-likeness (QED) is 0.485. The van der Waals surface area contributed by atoms with Crippen molar-refractivity contribution in [3.63, 3.8) is 0 Å². The third-order valence-electron chi connectivity index (χ3n) is 3.48. The first-order valence-corrected chi connectivity index (χ1v) is 6.49. The van der Waals surface area contributed by atoms with E-state index in [1.54, 1.807) is 0 Å². The minimum Gasteiger partial charge on any atom is -0.0958 e. The fourth-order valence-electron chi connectivity index (χ4n) is 2.18. The van der Waals surface area contributed by atoms with Crippen molar-refractivity contribution in [2.45, 2.75) is 52.9 Å². The van der Waals surface area contributed by atoms with Crippen LogP contribution in [-0.4, -0.2) is 0 Å². The van der Waals surface area contributed by atoms with Crippen LogP contribution in [0.2, 0.25) is 0 Å². The summed E-state index contributed by atoms with van der Waals surface area (Å²) >= 11 is 0. The summed E-state index contributed by atoms with van der Waals surface area (Å²) in [6.07, 6.45) is 15.1. The van der Waals surface area contributed by atoms with Gasteiger partial charge in [-0.15, -0.1) is 0 Å². The average Bonchev–Trinajstić information content (AvgIpc) is 2.22. The van der Waals surface area contributed by atoms with Gasteiger partial charge in [-0.1, -0.05) is 57.2 Å². The maximum Gasteiger partial charge on any atom is -0.0250 e. The monoisotopic (exact) mass is 218 g/mol. The topological polar surface area (TPSA) is 0 Å². The molecule has 1 aliphatic rings. The molecule has 0 aromatic rings. The number of rotatable bonds is 0. The molecule has 0 saturated heterocycles. The van der Waals surface area contributed by atoms with Crippen molar-refractivity contribution in [3.8, 4) is 0 Å². The lowest BCUT2D eigenvalue weighted by Crippen LogP contribution is -2.19. The molecule has 0 aliphatic heterocycles. The summed E-state index contributed by atoms with van der Waals surface area (Å²) < 4.78 is 0. The molecule has 0 saturated carbocycles. The van der Waals surface area contributed by atoms with Gasteiger partial charge in [0.1, 0.15) is 0 Å². The zero-order valence-electron chi connectivity index (χ0n) is 11.1. The highest BCUT2D eigenvalue weighted by molar-refractivity contribution is 5.15. The van der Waals surface area contributed by atoms with Crippen molar-refractivity contribution in [2.24, 2.45) is 11.3 Å². The molecule has 90 valence electrons. The van der Waals surface area contributed by atoms with Gasteiger partial charge in [-0.3, -0.25) is 0 Å². The van der Waals surface area contributed by atoms with Crippen molar-refractivity contribution >= 4 is 0 Å². The molecule has 1 atom stereocenters. The van der Waals surface area contributed by atoms with Crippen molar-refractivity contribution < 1.29 is 0 Å². The first-order chi connectivity index (χ1) is 7.50. The zero-order valence-corrected chi connectivity index (χ0v) is 11.1. The highest BCUT2D eigenvalue weighted by atomic mass is 14.3. The Hall–Kier alpha value is -0.780. The molecular weight excluding hydrogens is 192 g/mol. The summed E-state index contributed by atoms with van der Waals surface area (Å²) in [5.41, 5.74) is 1.68. The normalized spacial score (nSPS) is 28.2. The maximum absolute atomic E-state index is 4.07. The summed E-state index contributed by atoms with van der Waals surface area (Å²) in [7, 11) is 0. The van der Waals surface area contributed by atoms with Gasteiger partial charge >= 0.3 is 0 Å². The predicted molar refractivity (Wildman–Crippen MR) is 73.5 cm³/mol. The maximum atomic E-state index is 4.07. The molecular formula is C16H26. The molecule has 0 fully saturated rings. The van der Waals surface area contributed by atoms with Crippen LogP contribution < -0.4 is 0 Å². The highest BCUT2D eigenvalue weighted by Gasteiger charge is 2.22. The van der Waals surface area contributed by atoms with Crippen molar-refractivity contribution in [1.82, 2.24) is 0 Å². The molecule has 0 aromatic carbocycles. The lowest BCUT2D eigenvalue weighted by Gasteiger charge is -2.29. The van der Waals surface area contributed by atoms with Gasteiger partial charge in [0, 0.05) is 0 Å². The van der Waals surface area contributed by atoms with E-state index in [1.807, 2.05) is 0 Å². The Bertz CT molecular complexity index is 273. The minimum absolute atomic E-state index is 0.420. The summed E-state index contributed by atoms with van der Waals surface area (Å²) in [5, 5.41) is 0. The smallest absolute Gasteiger partial charge is 0.0250 e. The Morgan fingerprint density at radius 1 is 1.12 bits per heavy atom. The molecule has 1 unspecified atom stereocenters. The summed E-state index contributed by atoms with van der Waals surface area (Å²) in [4.78, 5) is 0. The third-order valence-corrected chi connectivity index (χ3v) is 3.48. The molecule has 0 heterocycles. The van der Waals surface area contributed by atoms with Crippen LogP contribution in [0.25, 0.3) is 0 Å². The van der Waals surface area contributed by atoms with Crippen molar-refractivity contribution in [2.75, 3.05) is 0 Å². The Morgan fingerprint density at radius 2 is 1.88 bits per heavy atom. The van der Waals surface area contributed by atoms with Gasteiger partial charge in [-0.2, -0.15) is 0 Å². The largest absolute Gasteiger partial charge is 0.0958 e. The fourth-order valence-corrected chi connectivity index (χ4v) is 2.18. The molecule has 16 heavy (non-hydrogen) atoms. The van der Waals surface area contributed by atoms with E-state index in [0.717, 1.165) is 18.8 Å². The van der Waals surface area contributed by atoms with E-state index in [-0.39, 0.29) is 0 Å². The van der Waals surface area contributed by atoms with Crippen LogP contribution in [0.3, 0.4) is 0 Å². The van der Waals surface area contributed by atoms with E-state index in [9.17, 15) is 0 Å². The van der Waals surface area contributed by atoms with E-state index < -0.39 is 0 Å². The van der Waals surface area contributed by atoms with E-state index in [4.69, 9.17) is 0 Å². The van der Waals surface area contributed by atoms with Crippen LogP contribution in [0.15, 0.2) is 36.5 Å². The average molecular weight is 218 g/mol. The van der Waals surface area contributed by atoms with Crippen LogP contribution in [0, 0.1) is 11.3 Å². The third kappa shape index (κ3) is 4.83. The second-order valence-corrected chi connectivity index (χ2v) is 5.95. The summed E-state index contributed by atoms with van der Waals surface area (Å²) in [5.74, 6) is 0.791. The van der Waals surface area contributed by atoms with E-state index in [1.165, 1.54) is 24.8 Å². The van der Waals surface area contributed by atoms with Crippen LogP contribution in [-0.2, 0) is 0 Å². The van der Waals surface area contributed by atoms with Crippen LogP contribution in [0.1, 0.15) is 52.9 Å². The van der Waals surface area contributed by atoms with E-state index >= 15 is 0 Å². The standard InChI is InChI=1S/C16H26/c1-14-10-6-5-7-12-15(16(2,3)4)13-9-8-11-14/h5,7-8,11,15H,1,6,9-10,12-13H2,2-4H3/b7-5+,11-8+. The number of hydrogen-bond donors (Lipinski definition) is 0. The van der Waals surface area contributed by atoms with Gasteiger partial charge in [-0.25, -0.2) is 0 Å². The second-order valence-electron chi connectivity index (χ2n) is 5.95. The van der Waals surface area contributed by atoms with E-state index in [0.29, 0.717) is 5.41 Å². The predicted octanol–water partition coefficient (Wildman–Crippen LogP) is 5.28. The Balaban J connectivity index is 2.65.